The third-order valence-electron chi connectivity index (χ3n) is 4.73. The van der Waals surface area contributed by atoms with E-state index in [1.54, 1.807) is 0 Å². The number of rotatable bonds is 9. The predicted octanol–water partition coefficient (Wildman–Crippen LogP) is 2.36. The van der Waals surface area contributed by atoms with Gasteiger partial charge in [-0.05, 0) is 42.5 Å². The number of esters is 1. The Bertz CT molecular complexity index is 1100. The molecule has 2 aromatic rings. The molecule has 0 spiro atoms. The highest BCUT2D eigenvalue weighted by Crippen LogP contribution is 2.29. The van der Waals surface area contributed by atoms with Crippen LogP contribution < -0.4 is 9.47 Å². The largest absolute Gasteiger partial charge is 0.493 e. The Labute approximate surface area is 188 Å². The van der Waals surface area contributed by atoms with Crippen molar-refractivity contribution in [3.05, 3.63) is 53.6 Å². The number of Topliss-reactive ketones (excluding diaryl/α,β-unsaturated/α-hetero) is 1. The Morgan fingerprint density at radius 2 is 1.67 bits per heavy atom. The molecule has 12 heteroatoms. The van der Waals surface area contributed by atoms with Crippen LogP contribution in [0.3, 0.4) is 0 Å². The lowest BCUT2D eigenvalue weighted by atomic mass is 10.1. The van der Waals surface area contributed by atoms with Gasteiger partial charge in [0.15, 0.2) is 23.9 Å². The molecule has 0 N–H and O–H groups in total. The summed E-state index contributed by atoms with van der Waals surface area (Å²) >= 11 is 0. The third kappa shape index (κ3) is 6.03. The monoisotopic (exact) mass is 485 g/mol. The second kappa shape index (κ2) is 10.7. The molecule has 1 aliphatic heterocycles. The first kappa shape index (κ1) is 24.6. The minimum Gasteiger partial charge on any atom is -0.493 e. The third-order valence-corrected chi connectivity index (χ3v) is 6.65. The molecule has 0 amide bonds. The molecular formula is C21H21F2NO8S. The van der Waals surface area contributed by atoms with Crippen molar-refractivity contribution in [3.63, 3.8) is 0 Å². The molecule has 3 rings (SSSR count). The van der Waals surface area contributed by atoms with E-state index in [1.165, 1.54) is 41.7 Å². The number of carbonyl (C=O) groups is 2. The maximum Gasteiger partial charge on any atom is 0.387 e. The molecule has 0 atom stereocenters. The van der Waals surface area contributed by atoms with E-state index in [0.717, 1.165) is 12.1 Å². The van der Waals surface area contributed by atoms with Crippen LogP contribution in [-0.4, -0.2) is 71.1 Å². The van der Waals surface area contributed by atoms with Gasteiger partial charge in [0.25, 0.3) is 0 Å². The van der Waals surface area contributed by atoms with Crippen LogP contribution >= 0.6 is 0 Å². The minimum atomic E-state index is -3.70. The molecule has 1 saturated heterocycles. The van der Waals surface area contributed by atoms with Gasteiger partial charge in [0, 0.05) is 18.7 Å². The van der Waals surface area contributed by atoms with E-state index in [-0.39, 0.29) is 40.6 Å². The van der Waals surface area contributed by atoms with Gasteiger partial charge >= 0.3 is 12.6 Å². The first-order valence-corrected chi connectivity index (χ1v) is 11.2. The van der Waals surface area contributed by atoms with Crippen molar-refractivity contribution in [3.8, 4) is 11.5 Å². The molecule has 0 aliphatic carbocycles. The number of ketones is 1. The van der Waals surface area contributed by atoms with Crippen molar-refractivity contribution in [2.45, 2.75) is 11.5 Å². The molecular weight excluding hydrogens is 464 g/mol. The number of alkyl halides is 2. The first-order chi connectivity index (χ1) is 15.7. The summed E-state index contributed by atoms with van der Waals surface area (Å²) in [5.74, 6) is -1.79. The fourth-order valence-electron chi connectivity index (χ4n) is 3.03. The topological polar surface area (TPSA) is 108 Å². The van der Waals surface area contributed by atoms with Crippen LogP contribution in [0.15, 0.2) is 47.4 Å². The molecule has 1 aliphatic rings. The summed E-state index contributed by atoms with van der Waals surface area (Å²) in [6, 6.07) is 8.76. The molecule has 2 aromatic carbocycles. The number of hydrogen-bond acceptors (Lipinski definition) is 8. The van der Waals surface area contributed by atoms with Crippen LogP contribution in [-0.2, 0) is 19.5 Å². The number of carbonyl (C=O) groups excluding carboxylic acids is 2. The second-order valence-corrected chi connectivity index (χ2v) is 8.72. The lowest BCUT2D eigenvalue weighted by molar-refractivity contribution is -0.0512. The second-order valence-electron chi connectivity index (χ2n) is 6.78. The van der Waals surface area contributed by atoms with Crippen molar-refractivity contribution in [2.24, 2.45) is 0 Å². The SMILES string of the molecule is COc1cc(C(=O)OCC(=O)c2ccc(S(=O)(=O)N3CCOCC3)cc2)ccc1OC(F)F. The summed E-state index contributed by atoms with van der Waals surface area (Å²) in [6.45, 7) is -2.54. The zero-order valence-electron chi connectivity index (χ0n) is 17.5. The normalized spacial score (nSPS) is 14.7. The number of nitrogens with zero attached hydrogens (tertiary/aromatic N) is 1. The molecule has 1 fully saturated rings. The smallest absolute Gasteiger partial charge is 0.387 e. The Kier molecular flexibility index (Phi) is 7.95. The van der Waals surface area contributed by atoms with Crippen molar-refractivity contribution < 1.29 is 45.7 Å². The van der Waals surface area contributed by atoms with Crippen LogP contribution in [0, 0.1) is 0 Å². The van der Waals surface area contributed by atoms with Gasteiger partial charge in [-0.1, -0.05) is 0 Å². The van der Waals surface area contributed by atoms with Crippen LogP contribution in [0.25, 0.3) is 0 Å². The maximum atomic E-state index is 12.6. The number of methoxy groups -OCH3 is 1. The van der Waals surface area contributed by atoms with Crippen LogP contribution in [0.5, 0.6) is 11.5 Å². The van der Waals surface area contributed by atoms with Crippen molar-refractivity contribution in [1.82, 2.24) is 4.31 Å². The average molecular weight is 485 g/mol. The van der Waals surface area contributed by atoms with Gasteiger partial charge in [0.05, 0.1) is 30.8 Å². The van der Waals surface area contributed by atoms with E-state index in [1.807, 2.05) is 0 Å². The number of hydrogen-bond donors (Lipinski definition) is 0. The van der Waals surface area contributed by atoms with E-state index < -0.39 is 35.0 Å². The van der Waals surface area contributed by atoms with E-state index in [0.29, 0.717) is 13.2 Å². The minimum absolute atomic E-state index is 0.0341. The Morgan fingerprint density at radius 1 is 1.03 bits per heavy atom. The van der Waals surface area contributed by atoms with Crippen molar-refractivity contribution >= 4 is 21.8 Å². The van der Waals surface area contributed by atoms with E-state index >= 15 is 0 Å². The van der Waals surface area contributed by atoms with Gasteiger partial charge in [0.1, 0.15) is 0 Å². The fraction of sp³-hybridized carbons (Fsp3) is 0.333. The predicted molar refractivity (Wildman–Crippen MR) is 110 cm³/mol. The zero-order valence-corrected chi connectivity index (χ0v) is 18.3. The van der Waals surface area contributed by atoms with Gasteiger partial charge < -0.3 is 18.9 Å². The van der Waals surface area contributed by atoms with Gasteiger partial charge in [-0.2, -0.15) is 13.1 Å². The van der Waals surface area contributed by atoms with Crippen molar-refractivity contribution in [1.29, 1.82) is 0 Å². The van der Waals surface area contributed by atoms with E-state index in [9.17, 15) is 26.8 Å². The van der Waals surface area contributed by atoms with E-state index in [2.05, 4.69) is 4.74 Å². The first-order valence-electron chi connectivity index (χ1n) is 9.73. The highest BCUT2D eigenvalue weighted by Gasteiger charge is 2.26. The summed E-state index contributed by atoms with van der Waals surface area (Å²) in [4.78, 5) is 24.6. The van der Waals surface area contributed by atoms with E-state index in [4.69, 9.17) is 14.2 Å². The highest BCUT2D eigenvalue weighted by molar-refractivity contribution is 7.89. The molecule has 33 heavy (non-hydrogen) atoms. The Morgan fingerprint density at radius 3 is 2.27 bits per heavy atom. The Hall–Kier alpha value is -3.09. The molecule has 0 radical (unpaired) electrons. The highest BCUT2D eigenvalue weighted by atomic mass is 32.2. The lowest BCUT2D eigenvalue weighted by Gasteiger charge is -2.26. The number of halogens is 2. The van der Waals surface area contributed by atoms with Gasteiger partial charge in [-0.15, -0.1) is 0 Å². The molecule has 0 saturated carbocycles. The summed E-state index contributed by atoms with van der Waals surface area (Å²) in [5.41, 5.74) is 0.121. The summed E-state index contributed by atoms with van der Waals surface area (Å²) < 4.78 is 70.7. The molecule has 1 heterocycles. The maximum absolute atomic E-state index is 12.6. The lowest BCUT2D eigenvalue weighted by Crippen LogP contribution is -2.40. The average Bonchev–Trinajstić information content (AvgIpc) is 2.82. The number of benzene rings is 2. The van der Waals surface area contributed by atoms with Gasteiger partial charge in [-0.3, -0.25) is 4.79 Å². The molecule has 178 valence electrons. The molecule has 0 unspecified atom stereocenters. The summed E-state index contributed by atoms with van der Waals surface area (Å²) in [6.07, 6.45) is 0. The van der Waals surface area contributed by atoms with Gasteiger partial charge in [0.2, 0.25) is 10.0 Å². The zero-order chi connectivity index (χ0) is 24.0. The van der Waals surface area contributed by atoms with Crippen LogP contribution in [0.4, 0.5) is 8.78 Å². The number of sulfonamides is 1. The Balaban J connectivity index is 1.62. The number of ether oxygens (including phenoxy) is 4. The quantitative estimate of drug-likeness (QED) is 0.394. The van der Waals surface area contributed by atoms with Gasteiger partial charge in [-0.25, -0.2) is 13.2 Å². The van der Waals surface area contributed by atoms with Crippen LogP contribution in [0.1, 0.15) is 20.7 Å². The summed E-state index contributed by atoms with van der Waals surface area (Å²) in [7, 11) is -2.48. The molecule has 9 nitrogen and oxygen atoms in total. The molecule has 0 bridgehead atoms. The number of morpholine rings is 1. The standard InChI is InChI=1S/C21H21F2NO8S/c1-29-19-12-15(4-7-18(19)32-21(22)23)20(26)31-13-17(25)14-2-5-16(6-3-14)33(27,28)24-8-10-30-11-9-24/h2-7,12,21H,8-11,13H2,1H3. The van der Waals surface area contributed by atoms with Crippen molar-refractivity contribution in [2.75, 3.05) is 40.0 Å². The van der Waals surface area contributed by atoms with Crippen LogP contribution in [0.2, 0.25) is 0 Å². The fourth-order valence-corrected chi connectivity index (χ4v) is 4.44. The molecule has 0 aromatic heterocycles. The summed E-state index contributed by atoms with van der Waals surface area (Å²) in [5, 5.41) is 0.